The first kappa shape index (κ1) is 19.4. The van der Waals surface area contributed by atoms with Crippen LogP contribution in [0.2, 0.25) is 0 Å². The number of ether oxygens (including phenoxy) is 2. The number of benzene rings is 2. The predicted molar refractivity (Wildman–Crippen MR) is 90.2 cm³/mol. The summed E-state index contributed by atoms with van der Waals surface area (Å²) >= 11 is 0. The van der Waals surface area contributed by atoms with Crippen LogP contribution in [0.5, 0.6) is 11.5 Å². The number of rotatable bonds is 9. The lowest BCUT2D eigenvalue weighted by Crippen LogP contribution is -2.21. The molecule has 1 N–H and O–H groups in total. The molecule has 26 heavy (non-hydrogen) atoms. The third kappa shape index (κ3) is 5.84. The largest absolute Gasteiger partial charge is 0.494 e. The molecule has 0 aliphatic carbocycles. The van der Waals surface area contributed by atoms with Gasteiger partial charge in [0.2, 0.25) is 0 Å². The second kappa shape index (κ2) is 8.94. The van der Waals surface area contributed by atoms with Gasteiger partial charge in [-0.1, -0.05) is 12.1 Å². The van der Waals surface area contributed by atoms with Crippen molar-refractivity contribution in [2.45, 2.75) is 12.5 Å². The Kier molecular flexibility index (Phi) is 6.66. The summed E-state index contributed by atoms with van der Waals surface area (Å²) in [6.07, 6.45) is -1.04. The molecular weight excluding hydrogens is 349 g/mol. The normalized spacial score (nSPS) is 11.5. The van der Waals surface area contributed by atoms with Crippen LogP contribution in [0.3, 0.4) is 0 Å². The minimum absolute atomic E-state index is 0.0641. The Morgan fingerprint density at radius 2 is 1.65 bits per heavy atom. The lowest BCUT2D eigenvalue weighted by atomic mass is 10.2. The number of alkyl halides is 3. The van der Waals surface area contributed by atoms with Crippen LogP contribution in [-0.4, -0.2) is 24.4 Å². The van der Waals surface area contributed by atoms with E-state index in [1.807, 2.05) is 0 Å². The van der Waals surface area contributed by atoms with Crippen LogP contribution in [0, 0.1) is 0 Å². The zero-order valence-electron chi connectivity index (χ0n) is 13.7. The molecule has 2 rings (SSSR count). The van der Waals surface area contributed by atoms with Crippen LogP contribution in [0.1, 0.15) is 17.5 Å². The lowest BCUT2D eigenvalue weighted by Gasteiger charge is -2.18. The highest BCUT2D eigenvalue weighted by atomic mass is 19.3. The molecule has 138 valence electrons. The van der Waals surface area contributed by atoms with E-state index in [2.05, 4.69) is 0 Å². The molecule has 0 saturated heterocycles. The highest BCUT2D eigenvalue weighted by molar-refractivity contribution is 5.85. The third-order valence-electron chi connectivity index (χ3n) is 3.28. The summed E-state index contributed by atoms with van der Waals surface area (Å²) < 4.78 is 50.4. The summed E-state index contributed by atoms with van der Waals surface area (Å²) in [7, 11) is 0. The minimum Gasteiger partial charge on any atom is -0.494 e. The number of carboxylic acid groups (broad SMARTS) is 1. The molecule has 2 aromatic rings. The van der Waals surface area contributed by atoms with Crippen LogP contribution in [0.4, 0.5) is 13.2 Å². The van der Waals surface area contributed by atoms with Gasteiger partial charge in [-0.05, 0) is 48.0 Å². The maximum absolute atomic E-state index is 14.2. The molecule has 4 nitrogen and oxygen atoms in total. The monoisotopic (exact) mass is 366 g/mol. The van der Waals surface area contributed by atoms with E-state index in [-0.39, 0.29) is 24.3 Å². The van der Waals surface area contributed by atoms with Crippen molar-refractivity contribution in [1.82, 2.24) is 0 Å². The van der Waals surface area contributed by atoms with Crippen LogP contribution >= 0.6 is 0 Å². The van der Waals surface area contributed by atoms with Gasteiger partial charge in [-0.25, -0.2) is 4.79 Å². The quantitative estimate of drug-likeness (QED) is 0.518. The van der Waals surface area contributed by atoms with E-state index >= 15 is 0 Å². The van der Waals surface area contributed by atoms with Crippen molar-refractivity contribution in [2.75, 3.05) is 13.3 Å². The van der Waals surface area contributed by atoms with Gasteiger partial charge in [-0.15, -0.1) is 0 Å². The summed E-state index contributed by atoms with van der Waals surface area (Å²) in [6.45, 7) is -0.333. The van der Waals surface area contributed by atoms with E-state index in [1.165, 1.54) is 54.6 Å². The van der Waals surface area contributed by atoms with Crippen molar-refractivity contribution in [3.63, 3.8) is 0 Å². The number of halogens is 3. The fourth-order valence-electron chi connectivity index (χ4n) is 2.01. The number of carbonyl (C=O) groups is 1. The fourth-order valence-corrected chi connectivity index (χ4v) is 2.01. The average Bonchev–Trinajstić information content (AvgIpc) is 2.61. The number of aliphatic carboxylic acids is 1. The second-order valence-electron chi connectivity index (χ2n) is 5.27. The zero-order chi connectivity index (χ0) is 19.0. The highest BCUT2D eigenvalue weighted by Gasteiger charge is 2.34. The van der Waals surface area contributed by atoms with Gasteiger partial charge in [0.05, 0.1) is 18.8 Å². The van der Waals surface area contributed by atoms with Gasteiger partial charge in [0.15, 0.2) is 0 Å². The van der Waals surface area contributed by atoms with E-state index in [0.29, 0.717) is 11.3 Å². The van der Waals surface area contributed by atoms with Gasteiger partial charge in [0, 0.05) is 12.5 Å². The van der Waals surface area contributed by atoms with Crippen LogP contribution in [0.25, 0.3) is 6.08 Å². The summed E-state index contributed by atoms with van der Waals surface area (Å²) in [5.74, 6) is -0.799. The molecule has 0 aromatic heterocycles. The molecule has 0 amide bonds. The van der Waals surface area contributed by atoms with Crippen molar-refractivity contribution < 1.29 is 32.5 Å². The third-order valence-corrected chi connectivity index (χ3v) is 3.28. The van der Waals surface area contributed by atoms with Crippen molar-refractivity contribution in [1.29, 1.82) is 0 Å². The van der Waals surface area contributed by atoms with E-state index in [9.17, 15) is 18.0 Å². The fraction of sp³-hybridized carbons (Fsp3) is 0.211. The molecule has 0 fully saturated rings. The van der Waals surface area contributed by atoms with Gasteiger partial charge in [-0.2, -0.15) is 8.78 Å². The molecule has 0 unspecified atom stereocenters. The second-order valence-corrected chi connectivity index (χ2v) is 5.27. The Hall–Kier alpha value is -2.96. The summed E-state index contributed by atoms with van der Waals surface area (Å²) in [5.41, 5.74) is 0.183. The van der Waals surface area contributed by atoms with E-state index in [0.717, 1.165) is 6.08 Å². The molecule has 0 bridgehead atoms. The Labute approximate surface area is 148 Å². The Morgan fingerprint density at radius 1 is 1.04 bits per heavy atom. The lowest BCUT2D eigenvalue weighted by molar-refractivity contribution is -0.185. The Morgan fingerprint density at radius 3 is 2.23 bits per heavy atom. The Balaban J connectivity index is 2.02. The topological polar surface area (TPSA) is 55.8 Å². The summed E-state index contributed by atoms with van der Waals surface area (Å²) in [4.78, 5) is 10.4. The molecule has 0 aliphatic heterocycles. The van der Waals surface area contributed by atoms with E-state index in [4.69, 9.17) is 14.6 Å². The van der Waals surface area contributed by atoms with Crippen LogP contribution < -0.4 is 9.47 Å². The molecular formula is C19H17F3O4. The molecule has 0 spiro atoms. The maximum atomic E-state index is 14.2. The summed E-state index contributed by atoms with van der Waals surface area (Å²) in [5, 5.41) is 8.55. The number of hydrogen-bond acceptors (Lipinski definition) is 3. The molecule has 7 heteroatoms. The first-order valence-electron chi connectivity index (χ1n) is 7.78. The molecule has 0 radical (unpaired) electrons. The van der Waals surface area contributed by atoms with Gasteiger partial charge in [0.1, 0.15) is 11.5 Å². The van der Waals surface area contributed by atoms with Gasteiger partial charge < -0.3 is 14.6 Å². The van der Waals surface area contributed by atoms with Gasteiger partial charge >= 0.3 is 12.1 Å². The molecule has 0 heterocycles. The van der Waals surface area contributed by atoms with Crippen molar-refractivity contribution >= 4 is 12.0 Å². The SMILES string of the molecule is O=C(O)C=Cc1ccc(OC(F)(F)c2ccc(OCCCF)cc2)cc1. The molecule has 0 atom stereocenters. The average molecular weight is 366 g/mol. The maximum Gasteiger partial charge on any atom is 0.426 e. The molecule has 2 aromatic carbocycles. The molecule has 0 aliphatic rings. The minimum atomic E-state index is -3.56. The smallest absolute Gasteiger partial charge is 0.426 e. The van der Waals surface area contributed by atoms with Crippen molar-refractivity contribution in [3.8, 4) is 11.5 Å². The number of carboxylic acids is 1. The van der Waals surface area contributed by atoms with E-state index < -0.39 is 18.8 Å². The van der Waals surface area contributed by atoms with Crippen molar-refractivity contribution in [2.24, 2.45) is 0 Å². The predicted octanol–water partition coefficient (Wildman–Crippen LogP) is 4.65. The summed E-state index contributed by atoms with van der Waals surface area (Å²) in [6, 6.07) is 10.7. The first-order valence-corrected chi connectivity index (χ1v) is 7.78. The zero-order valence-corrected chi connectivity index (χ0v) is 13.7. The van der Waals surface area contributed by atoms with Gasteiger partial charge in [-0.3, -0.25) is 4.39 Å². The van der Waals surface area contributed by atoms with Crippen LogP contribution in [-0.2, 0) is 10.9 Å². The highest BCUT2D eigenvalue weighted by Crippen LogP contribution is 2.32. The number of hydrogen-bond donors (Lipinski definition) is 1. The van der Waals surface area contributed by atoms with Crippen molar-refractivity contribution in [3.05, 3.63) is 65.7 Å². The van der Waals surface area contributed by atoms with Crippen LogP contribution in [0.15, 0.2) is 54.6 Å². The van der Waals surface area contributed by atoms with Gasteiger partial charge in [0.25, 0.3) is 0 Å². The standard InChI is InChI=1S/C19H17F3O4/c20-12-1-13-25-16-9-5-15(6-10-16)19(21,22)26-17-7-2-14(3-8-17)4-11-18(23)24/h2-11H,1,12-13H2,(H,23,24). The van der Waals surface area contributed by atoms with E-state index in [1.54, 1.807) is 0 Å². The Bertz CT molecular complexity index is 740. The first-order chi connectivity index (χ1) is 12.4. The molecule has 0 saturated carbocycles.